The third-order valence-electron chi connectivity index (χ3n) is 5.26. The fourth-order valence-corrected chi connectivity index (χ4v) is 3.98. The standard InChI is InChI=1S/C24H19NO2/c1-2-25-21-9-5-3-7-18(21)20-14-16(11-12-22(20)25)13-17-15-27-23-10-6-4-8-19(23)24(17)26/h3-14H,2,15H2,1H3. The molecule has 0 atom stereocenters. The minimum absolute atomic E-state index is 0.0490. The smallest absolute Gasteiger partial charge is 0.196 e. The first kappa shape index (κ1) is 15.9. The van der Waals surface area contributed by atoms with Gasteiger partial charge in [0.15, 0.2) is 5.78 Å². The van der Waals surface area contributed by atoms with Gasteiger partial charge in [0, 0.05) is 33.9 Å². The van der Waals surface area contributed by atoms with Gasteiger partial charge in [-0.15, -0.1) is 0 Å². The van der Waals surface area contributed by atoms with E-state index in [1.807, 2.05) is 30.3 Å². The van der Waals surface area contributed by atoms with E-state index in [9.17, 15) is 4.79 Å². The van der Waals surface area contributed by atoms with Crippen molar-refractivity contribution in [2.24, 2.45) is 0 Å². The predicted octanol–water partition coefficient (Wildman–Crippen LogP) is 5.47. The number of hydrogen-bond donors (Lipinski definition) is 0. The number of rotatable bonds is 2. The summed E-state index contributed by atoms with van der Waals surface area (Å²) in [6, 6.07) is 22.3. The van der Waals surface area contributed by atoms with Gasteiger partial charge < -0.3 is 9.30 Å². The summed E-state index contributed by atoms with van der Waals surface area (Å²) in [6.07, 6.45) is 1.95. The van der Waals surface area contributed by atoms with E-state index >= 15 is 0 Å². The number of hydrogen-bond acceptors (Lipinski definition) is 2. The molecule has 1 aromatic heterocycles. The molecule has 27 heavy (non-hydrogen) atoms. The lowest BCUT2D eigenvalue weighted by Gasteiger charge is -2.18. The molecule has 0 aliphatic carbocycles. The van der Waals surface area contributed by atoms with Gasteiger partial charge in [0.1, 0.15) is 12.4 Å². The Bertz CT molecular complexity index is 1230. The molecular formula is C24H19NO2. The van der Waals surface area contributed by atoms with Gasteiger partial charge in [-0.25, -0.2) is 0 Å². The second-order valence-corrected chi connectivity index (χ2v) is 6.82. The Hall–Kier alpha value is -3.33. The zero-order valence-corrected chi connectivity index (χ0v) is 15.1. The number of carbonyl (C=O) groups excluding carboxylic acids is 1. The van der Waals surface area contributed by atoms with Crippen molar-refractivity contribution in [3.05, 3.63) is 83.4 Å². The first-order chi connectivity index (χ1) is 13.3. The second kappa shape index (κ2) is 6.13. The van der Waals surface area contributed by atoms with Gasteiger partial charge in [-0.1, -0.05) is 36.4 Å². The number of Topliss-reactive ketones (excluding diaryl/α,β-unsaturated/α-hetero) is 1. The topological polar surface area (TPSA) is 31.2 Å². The van der Waals surface area contributed by atoms with Gasteiger partial charge >= 0.3 is 0 Å². The van der Waals surface area contributed by atoms with E-state index in [2.05, 4.69) is 54.0 Å². The molecule has 0 saturated carbocycles. The Morgan fingerprint density at radius 2 is 1.74 bits per heavy atom. The Morgan fingerprint density at radius 1 is 0.963 bits per heavy atom. The molecule has 0 amide bonds. The molecule has 0 N–H and O–H groups in total. The monoisotopic (exact) mass is 353 g/mol. The molecule has 1 aliphatic heterocycles. The lowest BCUT2D eigenvalue weighted by atomic mass is 9.98. The molecule has 4 aromatic rings. The van der Waals surface area contributed by atoms with Gasteiger partial charge in [0.2, 0.25) is 0 Å². The van der Waals surface area contributed by atoms with Crippen molar-refractivity contribution in [2.75, 3.05) is 6.61 Å². The van der Waals surface area contributed by atoms with Crippen LogP contribution in [0.1, 0.15) is 22.8 Å². The summed E-state index contributed by atoms with van der Waals surface area (Å²) in [4.78, 5) is 12.8. The third-order valence-corrected chi connectivity index (χ3v) is 5.26. The number of fused-ring (bicyclic) bond motifs is 4. The van der Waals surface area contributed by atoms with E-state index in [1.165, 1.54) is 21.8 Å². The minimum atomic E-state index is 0.0490. The number of carbonyl (C=O) groups is 1. The molecule has 132 valence electrons. The molecule has 0 spiro atoms. The molecule has 0 bridgehead atoms. The van der Waals surface area contributed by atoms with Crippen LogP contribution in [0.15, 0.2) is 72.3 Å². The highest BCUT2D eigenvalue weighted by molar-refractivity contribution is 6.14. The van der Waals surface area contributed by atoms with Crippen molar-refractivity contribution in [1.82, 2.24) is 4.57 Å². The summed E-state index contributed by atoms with van der Waals surface area (Å²) in [6.45, 7) is 3.40. The molecule has 0 saturated heterocycles. The molecule has 3 aromatic carbocycles. The first-order valence-corrected chi connectivity index (χ1v) is 9.24. The van der Waals surface area contributed by atoms with Crippen LogP contribution in [0, 0.1) is 0 Å². The molecular weight excluding hydrogens is 334 g/mol. The van der Waals surface area contributed by atoms with Crippen molar-refractivity contribution < 1.29 is 9.53 Å². The summed E-state index contributed by atoms with van der Waals surface area (Å²) < 4.78 is 8.09. The Labute approximate surface area is 157 Å². The zero-order chi connectivity index (χ0) is 18.4. The van der Waals surface area contributed by atoms with E-state index in [0.29, 0.717) is 23.5 Å². The molecule has 2 heterocycles. The SMILES string of the molecule is CCn1c2ccccc2c2cc(C=C3COc4ccccc4C3=O)ccc21. The van der Waals surface area contributed by atoms with E-state index in [1.54, 1.807) is 0 Å². The maximum atomic E-state index is 12.8. The van der Waals surface area contributed by atoms with Gasteiger partial charge in [-0.05, 0) is 48.9 Å². The van der Waals surface area contributed by atoms with Gasteiger partial charge in [-0.3, -0.25) is 4.79 Å². The number of ketones is 1. The van der Waals surface area contributed by atoms with Crippen LogP contribution in [0.5, 0.6) is 5.75 Å². The van der Waals surface area contributed by atoms with Crippen molar-refractivity contribution in [2.45, 2.75) is 13.5 Å². The zero-order valence-electron chi connectivity index (χ0n) is 15.1. The molecule has 0 fully saturated rings. The summed E-state index contributed by atoms with van der Waals surface area (Å²) in [7, 11) is 0. The highest BCUT2D eigenvalue weighted by atomic mass is 16.5. The Morgan fingerprint density at radius 3 is 2.63 bits per heavy atom. The molecule has 1 aliphatic rings. The van der Waals surface area contributed by atoms with Gasteiger partial charge in [-0.2, -0.15) is 0 Å². The molecule has 3 heteroatoms. The summed E-state index contributed by atoms with van der Waals surface area (Å²) >= 11 is 0. The number of aryl methyl sites for hydroxylation is 1. The normalized spacial score (nSPS) is 15.3. The van der Waals surface area contributed by atoms with Crippen LogP contribution in [0.3, 0.4) is 0 Å². The molecule has 5 rings (SSSR count). The largest absolute Gasteiger partial charge is 0.488 e. The molecule has 0 unspecified atom stereocenters. The highest BCUT2D eigenvalue weighted by Gasteiger charge is 2.22. The van der Waals surface area contributed by atoms with Crippen LogP contribution in [-0.2, 0) is 6.54 Å². The number of aromatic nitrogens is 1. The van der Waals surface area contributed by atoms with Crippen LogP contribution >= 0.6 is 0 Å². The first-order valence-electron chi connectivity index (χ1n) is 9.24. The fourth-order valence-electron chi connectivity index (χ4n) is 3.98. The number of nitrogens with zero attached hydrogens (tertiary/aromatic N) is 1. The van der Waals surface area contributed by atoms with E-state index in [4.69, 9.17) is 4.74 Å². The van der Waals surface area contributed by atoms with Crippen LogP contribution < -0.4 is 4.74 Å². The quantitative estimate of drug-likeness (QED) is 0.447. The number of benzene rings is 3. The van der Waals surface area contributed by atoms with E-state index in [0.717, 1.165) is 12.1 Å². The average molecular weight is 353 g/mol. The van der Waals surface area contributed by atoms with Gasteiger partial charge in [0.05, 0.1) is 5.56 Å². The minimum Gasteiger partial charge on any atom is -0.488 e. The van der Waals surface area contributed by atoms with Crippen LogP contribution in [0.2, 0.25) is 0 Å². The molecule has 0 radical (unpaired) electrons. The van der Waals surface area contributed by atoms with E-state index in [-0.39, 0.29) is 5.78 Å². The summed E-state index contributed by atoms with van der Waals surface area (Å²) in [5.74, 6) is 0.717. The number of para-hydroxylation sites is 2. The van der Waals surface area contributed by atoms with Crippen LogP contribution in [0.4, 0.5) is 0 Å². The summed E-state index contributed by atoms with van der Waals surface area (Å²) in [5, 5.41) is 2.46. The maximum Gasteiger partial charge on any atom is 0.196 e. The van der Waals surface area contributed by atoms with Crippen LogP contribution in [-0.4, -0.2) is 17.0 Å². The third kappa shape index (κ3) is 2.47. The second-order valence-electron chi connectivity index (χ2n) is 6.82. The lowest BCUT2D eigenvalue weighted by molar-refractivity contribution is 0.100. The van der Waals surface area contributed by atoms with Crippen molar-refractivity contribution in [3.8, 4) is 5.75 Å². The van der Waals surface area contributed by atoms with E-state index < -0.39 is 0 Å². The highest BCUT2D eigenvalue weighted by Crippen LogP contribution is 2.31. The maximum absolute atomic E-state index is 12.8. The Balaban J connectivity index is 1.63. The average Bonchev–Trinajstić information content (AvgIpc) is 3.03. The predicted molar refractivity (Wildman–Crippen MR) is 109 cm³/mol. The van der Waals surface area contributed by atoms with Crippen molar-refractivity contribution >= 4 is 33.7 Å². The summed E-state index contributed by atoms with van der Waals surface area (Å²) in [5.41, 5.74) is 4.81. The fraction of sp³-hybridized carbons (Fsp3) is 0.125. The Kier molecular flexibility index (Phi) is 3.61. The van der Waals surface area contributed by atoms with Crippen LogP contribution in [0.25, 0.3) is 27.9 Å². The van der Waals surface area contributed by atoms with Gasteiger partial charge in [0.25, 0.3) is 0 Å². The molecule has 3 nitrogen and oxygen atoms in total. The lowest BCUT2D eigenvalue weighted by Crippen LogP contribution is -2.18. The number of ether oxygens (including phenoxy) is 1. The van der Waals surface area contributed by atoms with Crippen molar-refractivity contribution in [1.29, 1.82) is 0 Å². The van der Waals surface area contributed by atoms with Crippen molar-refractivity contribution in [3.63, 3.8) is 0 Å².